The Balaban J connectivity index is 2.24. The summed E-state index contributed by atoms with van der Waals surface area (Å²) in [6, 6.07) is 0. The van der Waals surface area contributed by atoms with Crippen molar-refractivity contribution in [3.05, 3.63) is 0 Å². The molecule has 3 atom stereocenters. The Morgan fingerprint density at radius 2 is 2.10 bits per heavy atom. The highest BCUT2D eigenvalue weighted by Crippen LogP contribution is 2.43. The van der Waals surface area contributed by atoms with Gasteiger partial charge in [0.2, 0.25) is 11.8 Å². The minimum absolute atomic E-state index is 0.00694. The lowest BCUT2D eigenvalue weighted by Gasteiger charge is -2.33. The van der Waals surface area contributed by atoms with Gasteiger partial charge in [-0.05, 0) is 12.3 Å². The second kappa shape index (κ2) is 1.59. The number of carbonyl (C=O) groups is 2. The Morgan fingerprint density at radius 1 is 1.40 bits per heavy atom. The van der Waals surface area contributed by atoms with Crippen LogP contribution < -0.4 is 5.32 Å². The smallest absolute Gasteiger partial charge is 0.230 e. The van der Waals surface area contributed by atoms with Gasteiger partial charge >= 0.3 is 0 Å². The number of amides is 2. The van der Waals surface area contributed by atoms with Crippen LogP contribution in [-0.4, -0.2) is 11.8 Å². The molecule has 1 aliphatic heterocycles. The summed E-state index contributed by atoms with van der Waals surface area (Å²) in [5.74, 6) is 0.313. The molecule has 3 nitrogen and oxygen atoms in total. The number of imide groups is 1. The van der Waals surface area contributed by atoms with Crippen molar-refractivity contribution in [1.29, 1.82) is 0 Å². The lowest BCUT2D eigenvalue weighted by molar-refractivity contribution is -0.127. The van der Waals surface area contributed by atoms with Crippen LogP contribution in [0.25, 0.3) is 0 Å². The Bertz CT molecular complexity index is 212. The van der Waals surface area contributed by atoms with E-state index >= 15 is 0 Å². The zero-order valence-corrected chi connectivity index (χ0v) is 5.76. The zero-order valence-electron chi connectivity index (χ0n) is 5.76. The first-order chi connectivity index (χ1) is 4.70. The van der Waals surface area contributed by atoms with Gasteiger partial charge in [-0.2, -0.15) is 0 Å². The van der Waals surface area contributed by atoms with E-state index in [2.05, 4.69) is 5.32 Å². The maximum atomic E-state index is 10.9. The van der Waals surface area contributed by atoms with E-state index in [9.17, 15) is 9.59 Å². The highest BCUT2D eigenvalue weighted by molar-refractivity contribution is 6.06. The molecule has 2 aliphatic rings. The van der Waals surface area contributed by atoms with Crippen LogP contribution in [0.15, 0.2) is 0 Å². The molecule has 0 aromatic rings. The van der Waals surface area contributed by atoms with E-state index < -0.39 is 0 Å². The van der Waals surface area contributed by atoms with Gasteiger partial charge in [-0.15, -0.1) is 0 Å². The highest BCUT2D eigenvalue weighted by Gasteiger charge is 2.52. The van der Waals surface area contributed by atoms with Crippen molar-refractivity contribution >= 4 is 11.8 Å². The van der Waals surface area contributed by atoms with Gasteiger partial charge in [0.15, 0.2) is 0 Å². The third kappa shape index (κ3) is 0.503. The number of carbonyl (C=O) groups excluding carboxylic acids is 2. The van der Waals surface area contributed by atoms with Gasteiger partial charge in [-0.25, -0.2) is 0 Å². The molecule has 54 valence electrons. The molecule has 2 amide bonds. The molecule has 2 fully saturated rings. The lowest BCUT2D eigenvalue weighted by atomic mass is 9.67. The van der Waals surface area contributed by atoms with Gasteiger partial charge < -0.3 is 0 Å². The highest BCUT2D eigenvalue weighted by atomic mass is 16.2. The Kier molecular flexibility index (Phi) is 0.938. The molecular weight excluding hydrogens is 130 g/mol. The van der Waals surface area contributed by atoms with Crippen LogP contribution in [0.2, 0.25) is 0 Å². The van der Waals surface area contributed by atoms with Crippen molar-refractivity contribution in [2.24, 2.45) is 17.8 Å². The quantitative estimate of drug-likeness (QED) is 0.477. The van der Waals surface area contributed by atoms with Gasteiger partial charge in [0.05, 0.1) is 11.8 Å². The van der Waals surface area contributed by atoms with E-state index in [1.165, 1.54) is 0 Å². The normalized spacial score (nSPS) is 44.3. The van der Waals surface area contributed by atoms with Gasteiger partial charge in [-0.3, -0.25) is 14.9 Å². The SMILES string of the molecule is CC1CC2C(=O)NC(=O)C12. The van der Waals surface area contributed by atoms with Gasteiger partial charge in [0.25, 0.3) is 0 Å². The number of hydrogen-bond donors (Lipinski definition) is 1. The van der Waals surface area contributed by atoms with E-state index in [1.54, 1.807) is 0 Å². The summed E-state index contributed by atoms with van der Waals surface area (Å²) in [4.78, 5) is 21.8. The summed E-state index contributed by atoms with van der Waals surface area (Å²) in [6.45, 7) is 2.01. The second-order valence-electron chi connectivity index (χ2n) is 3.20. The maximum Gasteiger partial charge on any atom is 0.230 e. The van der Waals surface area contributed by atoms with Crippen molar-refractivity contribution in [3.8, 4) is 0 Å². The predicted molar refractivity (Wildman–Crippen MR) is 33.9 cm³/mol. The molecule has 1 heterocycles. The number of fused-ring (bicyclic) bond motifs is 1. The third-order valence-electron chi connectivity index (χ3n) is 2.56. The molecule has 1 saturated carbocycles. The average Bonchev–Trinajstić information content (AvgIpc) is 2.01. The Hall–Kier alpha value is -0.860. The maximum absolute atomic E-state index is 10.9. The molecule has 0 spiro atoms. The van der Waals surface area contributed by atoms with Crippen molar-refractivity contribution in [2.75, 3.05) is 0 Å². The zero-order chi connectivity index (χ0) is 7.30. The van der Waals surface area contributed by atoms with E-state index in [0.717, 1.165) is 6.42 Å². The van der Waals surface area contributed by atoms with Crippen LogP contribution in [0.1, 0.15) is 13.3 Å². The van der Waals surface area contributed by atoms with E-state index in [0.29, 0.717) is 5.92 Å². The standard InChI is InChI=1S/C7H9NO2/c1-3-2-4-5(3)7(10)8-6(4)9/h3-5H,2H2,1H3,(H,8,9,10). The van der Waals surface area contributed by atoms with Crippen LogP contribution in [0.3, 0.4) is 0 Å². The predicted octanol–water partition coefficient (Wildman–Crippen LogP) is -0.0850. The molecule has 0 aromatic carbocycles. The number of rotatable bonds is 0. The molecule has 0 bridgehead atoms. The summed E-state index contributed by atoms with van der Waals surface area (Å²) < 4.78 is 0. The van der Waals surface area contributed by atoms with Crippen molar-refractivity contribution in [1.82, 2.24) is 5.32 Å². The van der Waals surface area contributed by atoms with Crippen LogP contribution >= 0.6 is 0 Å². The van der Waals surface area contributed by atoms with Gasteiger partial charge in [-0.1, -0.05) is 6.92 Å². The van der Waals surface area contributed by atoms with E-state index in [4.69, 9.17) is 0 Å². The largest absolute Gasteiger partial charge is 0.296 e. The third-order valence-corrected chi connectivity index (χ3v) is 2.56. The summed E-state index contributed by atoms with van der Waals surface area (Å²) in [5, 5.41) is 2.33. The summed E-state index contributed by atoms with van der Waals surface area (Å²) in [6.07, 6.45) is 0.891. The Morgan fingerprint density at radius 3 is 2.50 bits per heavy atom. The topological polar surface area (TPSA) is 46.2 Å². The Labute approximate surface area is 58.8 Å². The minimum atomic E-state index is -0.0619. The monoisotopic (exact) mass is 139 g/mol. The first-order valence-corrected chi connectivity index (χ1v) is 3.55. The summed E-state index contributed by atoms with van der Waals surface area (Å²) in [5.41, 5.74) is 0. The molecule has 1 N–H and O–H groups in total. The van der Waals surface area contributed by atoms with E-state index in [-0.39, 0.29) is 23.7 Å². The molecule has 0 aromatic heterocycles. The summed E-state index contributed by atoms with van der Waals surface area (Å²) in [7, 11) is 0. The molecule has 3 unspecified atom stereocenters. The van der Waals surface area contributed by atoms with Crippen molar-refractivity contribution in [3.63, 3.8) is 0 Å². The average molecular weight is 139 g/mol. The molecule has 0 radical (unpaired) electrons. The van der Waals surface area contributed by atoms with Crippen LogP contribution in [-0.2, 0) is 9.59 Å². The van der Waals surface area contributed by atoms with Crippen LogP contribution in [0.4, 0.5) is 0 Å². The van der Waals surface area contributed by atoms with Crippen LogP contribution in [0, 0.1) is 17.8 Å². The first-order valence-electron chi connectivity index (χ1n) is 3.55. The van der Waals surface area contributed by atoms with E-state index in [1.807, 2.05) is 6.92 Å². The fourth-order valence-corrected chi connectivity index (χ4v) is 1.90. The molecular formula is C7H9NO2. The van der Waals surface area contributed by atoms with Crippen molar-refractivity contribution < 1.29 is 9.59 Å². The van der Waals surface area contributed by atoms with Gasteiger partial charge in [0.1, 0.15) is 0 Å². The number of hydrogen-bond acceptors (Lipinski definition) is 2. The molecule has 2 rings (SSSR count). The van der Waals surface area contributed by atoms with Gasteiger partial charge in [0, 0.05) is 0 Å². The second-order valence-corrected chi connectivity index (χ2v) is 3.20. The first kappa shape index (κ1) is 5.89. The minimum Gasteiger partial charge on any atom is -0.296 e. The van der Waals surface area contributed by atoms with Crippen molar-refractivity contribution in [2.45, 2.75) is 13.3 Å². The molecule has 1 saturated heterocycles. The van der Waals surface area contributed by atoms with Crippen LogP contribution in [0.5, 0.6) is 0 Å². The molecule has 3 heteroatoms. The molecule has 10 heavy (non-hydrogen) atoms. The lowest BCUT2D eigenvalue weighted by Crippen LogP contribution is -2.36. The molecule has 1 aliphatic carbocycles. The fourth-order valence-electron chi connectivity index (χ4n) is 1.90. The number of nitrogens with one attached hydrogen (secondary N) is 1. The fraction of sp³-hybridized carbons (Fsp3) is 0.714. The summed E-state index contributed by atoms with van der Waals surface area (Å²) >= 11 is 0.